The summed E-state index contributed by atoms with van der Waals surface area (Å²) in [7, 11) is 1.71. The second-order valence-corrected chi connectivity index (χ2v) is 9.02. The van der Waals surface area contributed by atoms with Crippen molar-refractivity contribution in [1.29, 1.82) is 0 Å². The molecule has 4 rings (SSSR count). The van der Waals surface area contributed by atoms with Gasteiger partial charge in [0.2, 0.25) is 0 Å². The van der Waals surface area contributed by atoms with Crippen molar-refractivity contribution >= 4 is 23.0 Å². The van der Waals surface area contributed by atoms with Crippen LogP contribution in [0.4, 0.5) is 11.4 Å². The third-order valence-corrected chi connectivity index (χ3v) is 6.17. The number of nitrogens with one attached hydrogen (secondary N) is 2. The maximum Gasteiger partial charge on any atom is 0.127 e. The van der Waals surface area contributed by atoms with E-state index in [0.717, 1.165) is 38.7 Å². The molecule has 1 aliphatic carbocycles. The third-order valence-electron chi connectivity index (χ3n) is 5.86. The molecule has 3 aromatic carbocycles. The first-order chi connectivity index (χ1) is 15.0. The Labute approximate surface area is 190 Å². The Bertz CT molecular complexity index is 1010. The van der Waals surface area contributed by atoms with Crippen molar-refractivity contribution in [2.24, 2.45) is 0 Å². The van der Waals surface area contributed by atoms with E-state index in [1.165, 1.54) is 31.4 Å². The maximum absolute atomic E-state index is 6.74. The van der Waals surface area contributed by atoms with E-state index >= 15 is 0 Å². The molecule has 0 aliphatic heterocycles. The number of ether oxygens (including phenoxy) is 1. The Balaban J connectivity index is 1.58. The van der Waals surface area contributed by atoms with E-state index in [-0.39, 0.29) is 0 Å². The first-order valence-electron chi connectivity index (χ1n) is 11.1. The van der Waals surface area contributed by atoms with Crippen LogP contribution >= 0.6 is 11.6 Å². The first kappa shape index (κ1) is 21.6. The molecule has 0 bridgehead atoms. The van der Waals surface area contributed by atoms with Crippen LogP contribution in [-0.4, -0.2) is 19.2 Å². The highest BCUT2D eigenvalue weighted by Crippen LogP contribution is 2.40. The molecule has 3 nitrogen and oxygen atoms in total. The summed E-state index contributed by atoms with van der Waals surface area (Å²) in [6, 6.07) is 22.0. The Morgan fingerprint density at radius 3 is 2.00 bits per heavy atom. The quantitative estimate of drug-likeness (QED) is 0.397. The molecule has 1 aliphatic rings. The Hall–Kier alpha value is -2.65. The molecule has 0 aromatic heterocycles. The highest BCUT2D eigenvalue weighted by Gasteiger charge is 2.15. The number of benzene rings is 3. The zero-order valence-corrected chi connectivity index (χ0v) is 19.3. The second kappa shape index (κ2) is 9.65. The second-order valence-electron chi connectivity index (χ2n) is 8.61. The Morgan fingerprint density at radius 2 is 1.42 bits per heavy atom. The fourth-order valence-electron chi connectivity index (χ4n) is 4.30. The predicted molar refractivity (Wildman–Crippen MR) is 134 cm³/mol. The summed E-state index contributed by atoms with van der Waals surface area (Å²) in [5, 5.41) is 7.78. The van der Waals surface area contributed by atoms with Crippen LogP contribution in [0.5, 0.6) is 5.75 Å². The molecule has 2 N–H and O–H groups in total. The molecule has 4 heteroatoms. The molecule has 162 valence electrons. The molecule has 0 saturated heterocycles. The lowest BCUT2D eigenvalue weighted by atomic mass is 9.98. The highest BCUT2D eigenvalue weighted by atomic mass is 35.5. The van der Waals surface area contributed by atoms with Crippen LogP contribution in [0, 0.1) is 0 Å². The molecule has 1 saturated carbocycles. The first-order valence-corrected chi connectivity index (χ1v) is 11.5. The fourth-order valence-corrected chi connectivity index (χ4v) is 4.57. The highest BCUT2D eigenvalue weighted by molar-refractivity contribution is 6.33. The van der Waals surface area contributed by atoms with Crippen LogP contribution in [0.25, 0.3) is 22.3 Å². The smallest absolute Gasteiger partial charge is 0.127 e. The molecule has 31 heavy (non-hydrogen) atoms. The van der Waals surface area contributed by atoms with Gasteiger partial charge in [0.25, 0.3) is 0 Å². The van der Waals surface area contributed by atoms with Gasteiger partial charge in [-0.3, -0.25) is 0 Å². The number of halogens is 1. The van der Waals surface area contributed by atoms with Crippen molar-refractivity contribution in [3.63, 3.8) is 0 Å². The zero-order chi connectivity index (χ0) is 21.8. The summed E-state index contributed by atoms with van der Waals surface area (Å²) in [5.41, 5.74) is 6.41. The van der Waals surface area contributed by atoms with Crippen LogP contribution in [0.2, 0.25) is 5.02 Å². The van der Waals surface area contributed by atoms with Gasteiger partial charge in [-0.15, -0.1) is 0 Å². The fraction of sp³-hybridized carbons (Fsp3) is 0.333. The van der Waals surface area contributed by atoms with Crippen molar-refractivity contribution in [3.05, 3.63) is 65.7 Å². The molecule has 0 amide bonds. The third kappa shape index (κ3) is 5.16. The van der Waals surface area contributed by atoms with E-state index in [4.69, 9.17) is 16.3 Å². The minimum Gasteiger partial charge on any atom is -0.496 e. The average molecular weight is 435 g/mol. The summed E-state index contributed by atoms with van der Waals surface area (Å²) in [4.78, 5) is 0. The van der Waals surface area contributed by atoms with Crippen LogP contribution in [-0.2, 0) is 0 Å². The molecule has 0 spiro atoms. The lowest BCUT2D eigenvalue weighted by Gasteiger charge is -2.16. The van der Waals surface area contributed by atoms with E-state index in [2.05, 4.69) is 73.0 Å². The molecule has 0 unspecified atom stereocenters. The van der Waals surface area contributed by atoms with Gasteiger partial charge in [0, 0.05) is 39.6 Å². The number of hydrogen-bond donors (Lipinski definition) is 2. The van der Waals surface area contributed by atoms with Gasteiger partial charge in [0.15, 0.2) is 0 Å². The number of methoxy groups -OCH3 is 1. The van der Waals surface area contributed by atoms with Crippen LogP contribution in [0.1, 0.15) is 39.5 Å². The van der Waals surface area contributed by atoms with E-state index in [9.17, 15) is 0 Å². The zero-order valence-electron chi connectivity index (χ0n) is 18.5. The summed E-state index contributed by atoms with van der Waals surface area (Å²) in [6.45, 7) is 4.26. The van der Waals surface area contributed by atoms with Crippen LogP contribution in [0.15, 0.2) is 60.7 Å². The van der Waals surface area contributed by atoms with E-state index < -0.39 is 0 Å². The summed E-state index contributed by atoms with van der Waals surface area (Å²) >= 11 is 6.74. The van der Waals surface area contributed by atoms with Gasteiger partial charge in [0.1, 0.15) is 5.75 Å². The van der Waals surface area contributed by atoms with E-state index in [0.29, 0.717) is 12.1 Å². The van der Waals surface area contributed by atoms with Crippen molar-refractivity contribution < 1.29 is 4.74 Å². The van der Waals surface area contributed by atoms with Crippen LogP contribution < -0.4 is 15.4 Å². The molecule has 0 atom stereocenters. The van der Waals surface area contributed by atoms with Crippen molar-refractivity contribution in [3.8, 4) is 28.0 Å². The lowest BCUT2D eigenvalue weighted by molar-refractivity contribution is 0.416. The predicted octanol–water partition coefficient (Wildman–Crippen LogP) is 7.86. The molecule has 1 fully saturated rings. The number of rotatable bonds is 7. The molecule has 0 heterocycles. The van der Waals surface area contributed by atoms with Crippen LogP contribution in [0.3, 0.4) is 0 Å². The van der Waals surface area contributed by atoms with Gasteiger partial charge in [0.05, 0.1) is 7.11 Å². The normalized spacial score (nSPS) is 14.1. The molecule has 0 radical (unpaired) electrons. The molecular weight excluding hydrogens is 404 g/mol. The number of anilines is 2. The summed E-state index contributed by atoms with van der Waals surface area (Å²) in [6.07, 6.45) is 5.18. The summed E-state index contributed by atoms with van der Waals surface area (Å²) < 4.78 is 5.74. The minimum atomic E-state index is 0.397. The van der Waals surface area contributed by atoms with Gasteiger partial charge >= 0.3 is 0 Å². The van der Waals surface area contributed by atoms with Gasteiger partial charge in [-0.25, -0.2) is 0 Å². The Morgan fingerprint density at radius 1 is 0.839 bits per heavy atom. The van der Waals surface area contributed by atoms with Gasteiger partial charge in [-0.1, -0.05) is 48.7 Å². The van der Waals surface area contributed by atoms with Crippen molar-refractivity contribution in [1.82, 2.24) is 0 Å². The number of hydrogen-bond acceptors (Lipinski definition) is 3. The topological polar surface area (TPSA) is 33.3 Å². The SMILES string of the molecule is COc1cc(-c2ccc(NC3CCCC3)cc2)c(Cl)cc1-c1ccc(NC(C)C)cc1. The molecule has 3 aromatic rings. The standard InChI is InChI=1S/C27H31ClN2O/c1-18(2)29-22-12-10-20(11-13-22)25-16-26(28)24(17-27(25)31-3)19-8-14-23(15-9-19)30-21-6-4-5-7-21/h8-18,21,29-30H,4-7H2,1-3H3. The van der Waals surface area contributed by atoms with E-state index in [1.54, 1.807) is 7.11 Å². The lowest BCUT2D eigenvalue weighted by Crippen LogP contribution is -2.14. The van der Waals surface area contributed by atoms with Gasteiger partial charge in [-0.2, -0.15) is 0 Å². The van der Waals surface area contributed by atoms with Crippen molar-refractivity contribution in [2.75, 3.05) is 17.7 Å². The average Bonchev–Trinajstić information content (AvgIpc) is 3.27. The van der Waals surface area contributed by atoms with Gasteiger partial charge in [-0.05, 0) is 74.2 Å². The Kier molecular flexibility index (Phi) is 6.72. The summed E-state index contributed by atoms with van der Waals surface area (Å²) in [5.74, 6) is 0.817. The largest absolute Gasteiger partial charge is 0.496 e. The minimum absolute atomic E-state index is 0.397. The molecular formula is C27H31ClN2O. The maximum atomic E-state index is 6.74. The monoisotopic (exact) mass is 434 g/mol. The van der Waals surface area contributed by atoms with Gasteiger partial charge < -0.3 is 15.4 Å². The van der Waals surface area contributed by atoms with E-state index in [1.807, 2.05) is 12.1 Å². The van der Waals surface area contributed by atoms with Crippen molar-refractivity contribution in [2.45, 2.75) is 51.6 Å².